The van der Waals surface area contributed by atoms with E-state index in [9.17, 15) is 4.79 Å². The number of amides is 1. The van der Waals surface area contributed by atoms with Crippen LogP contribution in [0.1, 0.15) is 12.3 Å². The lowest BCUT2D eigenvalue weighted by atomic mass is 10.2. The number of aromatic nitrogens is 1. The molecule has 0 atom stereocenters. The zero-order valence-electron chi connectivity index (χ0n) is 15.2. The van der Waals surface area contributed by atoms with Crippen molar-refractivity contribution in [3.8, 4) is 22.8 Å². The lowest BCUT2D eigenvalue weighted by Crippen LogP contribution is -2.28. The number of methoxy groups -OCH3 is 1. The van der Waals surface area contributed by atoms with E-state index in [4.69, 9.17) is 13.9 Å². The first kappa shape index (κ1) is 18.5. The van der Waals surface area contributed by atoms with E-state index >= 15 is 0 Å². The van der Waals surface area contributed by atoms with Crippen molar-refractivity contribution in [2.24, 2.45) is 0 Å². The molecule has 1 amide bonds. The topological polar surface area (TPSA) is 73.6 Å². The molecular weight excluding hydrogens is 344 g/mol. The first-order chi connectivity index (χ1) is 13.2. The van der Waals surface area contributed by atoms with E-state index in [0.29, 0.717) is 37.6 Å². The predicted molar refractivity (Wildman–Crippen MR) is 102 cm³/mol. The highest BCUT2D eigenvalue weighted by Crippen LogP contribution is 2.20. The van der Waals surface area contributed by atoms with E-state index in [2.05, 4.69) is 10.3 Å². The molecule has 0 spiro atoms. The summed E-state index contributed by atoms with van der Waals surface area (Å²) in [5.74, 6) is 2.71. The third-order valence-corrected chi connectivity index (χ3v) is 3.93. The summed E-state index contributed by atoms with van der Waals surface area (Å²) in [5.41, 5.74) is 0.969. The third-order valence-electron chi connectivity index (χ3n) is 3.93. The SMILES string of the molecule is COc1ccc(OCCNC(=O)CCc2ncc(-c3ccccc3)o2)cc1. The smallest absolute Gasteiger partial charge is 0.220 e. The quantitative estimate of drug-likeness (QED) is 0.587. The molecule has 0 fully saturated rings. The van der Waals surface area contributed by atoms with Crippen LogP contribution in [0.3, 0.4) is 0 Å². The Morgan fingerprint density at radius 3 is 2.56 bits per heavy atom. The van der Waals surface area contributed by atoms with Gasteiger partial charge in [-0.3, -0.25) is 4.79 Å². The summed E-state index contributed by atoms with van der Waals surface area (Å²) in [7, 11) is 1.62. The maximum atomic E-state index is 11.9. The van der Waals surface area contributed by atoms with Crippen molar-refractivity contribution in [2.45, 2.75) is 12.8 Å². The van der Waals surface area contributed by atoms with Crippen molar-refractivity contribution >= 4 is 5.91 Å². The van der Waals surface area contributed by atoms with Gasteiger partial charge >= 0.3 is 0 Å². The van der Waals surface area contributed by atoms with Crippen molar-refractivity contribution in [2.75, 3.05) is 20.3 Å². The van der Waals surface area contributed by atoms with Crippen molar-refractivity contribution in [1.29, 1.82) is 0 Å². The highest BCUT2D eigenvalue weighted by molar-refractivity contribution is 5.76. The summed E-state index contributed by atoms with van der Waals surface area (Å²) in [6, 6.07) is 17.1. The zero-order chi connectivity index (χ0) is 18.9. The van der Waals surface area contributed by atoms with Crippen LogP contribution in [0.15, 0.2) is 65.2 Å². The van der Waals surface area contributed by atoms with Gasteiger partial charge in [0.2, 0.25) is 5.91 Å². The second-order valence-corrected chi connectivity index (χ2v) is 5.86. The van der Waals surface area contributed by atoms with Crippen LogP contribution >= 0.6 is 0 Å². The highest BCUT2D eigenvalue weighted by atomic mass is 16.5. The van der Waals surface area contributed by atoms with Gasteiger partial charge in [-0.05, 0) is 24.3 Å². The Balaban J connectivity index is 1.35. The molecule has 1 aromatic heterocycles. The predicted octanol–water partition coefficient (Wildman–Crippen LogP) is 3.48. The summed E-state index contributed by atoms with van der Waals surface area (Å²) in [6.07, 6.45) is 2.46. The number of carbonyl (C=O) groups excluding carboxylic acids is 1. The number of benzene rings is 2. The number of aryl methyl sites for hydroxylation is 1. The van der Waals surface area contributed by atoms with Gasteiger partial charge in [0.15, 0.2) is 11.7 Å². The van der Waals surface area contributed by atoms with Crippen LogP contribution in [-0.4, -0.2) is 31.2 Å². The maximum absolute atomic E-state index is 11.9. The molecular formula is C21H22N2O4. The molecule has 0 saturated carbocycles. The van der Waals surface area contributed by atoms with Gasteiger partial charge in [-0.2, -0.15) is 0 Å². The molecule has 0 aliphatic heterocycles. The number of ether oxygens (including phenoxy) is 2. The van der Waals surface area contributed by atoms with Gasteiger partial charge < -0.3 is 19.2 Å². The van der Waals surface area contributed by atoms with E-state index in [0.717, 1.165) is 17.1 Å². The Bertz CT molecular complexity index is 844. The molecule has 2 aromatic carbocycles. The molecule has 0 unspecified atom stereocenters. The first-order valence-corrected chi connectivity index (χ1v) is 8.78. The van der Waals surface area contributed by atoms with Crippen molar-refractivity contribution in [1.82, 2.24) is 10.3 Å². The number of hydrogen-bond acceptors (Lipinski definition) is 5. The van der Waals surface area contributed by atoms with Crippen LogP contribution in [0.2, 0.25) is 0 Å². The lowest BCUT2D eigenvalue weighted by molar-refractivity contribution is -0.121. The van der Waals surface area contributed by atoms with Crippen LogP contribution in [0.5, 0.6) is 11.5 Å². The van der Waals surface area contributed by atoms with E-state index in [1.807, 2.05) is 54.6 Å². The molecule has 0 radical (unpaired) electrons. The average Bonchev–Trinajstić information content (AvgIpc) is 3.20. The lowest BCUT2D eigenvalue weighted by Gasteiger charge is -2.08. The zero-order valence-corrected chi connectivity index (χ0v) is 15.2. The van der Waals surface area contributed by atoms with E-state index in [-0.39, 0.29) is 5.91 Å². The Labute approximate surface area is 158 Å². The molecule has 1 heterocycles. The Hall–Kier alpha value is -3.28. The summed E-state index contributed by atoms with van der Waals surface area (Å²) in [6.45, 7) is 0.834. The molecule has 140 valence electrons. The largest absolute Gasteiger partial charge is 0.497 e. The summed E-state index contributed by atoms with van der Waals surface area (Å²) in [5, 5.41) is 2.83. The molecule has 0 aliphatic rings. The van der Waals surface area contributed by atoms with E-state index < -0.39 is 0 Å². The van der Waals surface area contributed by atoms with Gasteiger partial charge in [0.05, 0.1) is 19.9 Å². The number of hydrogen-bond donors (Lipinski definition) is 1. The molecule has 3 rings (SSSR count). The van der Waals surface area contributed by atoms with Gasteiger partial charge in [-0.1, -0.05) is 30.3 Å². The van der Waals surface area contributed by atoms with Crippen molar-refractivity contribution in [3.63, 3.8) is 0 Å². The van der Waals surface area contributed by atoms with E-state index in [1.54, 1.807) is 13.3 Å². The summed E-state index contributed by atoms with van der Waals surface area (Å²) < 4.78 is 16.4. The standard InChI is InChI=1S/C21H22N2O4/c1-25-17-7-9-18(10-8-17)26-14-13-22-20(24)11-12-21-23-15-19(27-21)16-5-3-2-4-6-16/h2-10,15H,11-14H2,1H3,(H,22,24). The first-order valence-electron chi connectivity index (χ1n) is 8.78. The van der Waals surface area contributed by atoms with Gasteiger partial charge in [-0.15, -0.1) is 0 Å². The van der Waals surface area contributed by atoms with Crippen LogP contribution in [0.4, 0.5) is 0 Å². The monoisotopic (exact) mass is 366 g/mol. The molecule has 0 bridgehead atoms. The molecule has 0 aliphatic carbocycles. The fourth-order valence-corrected chi connectivity index (χ4v) is 2.50. The number of rotatable bonds is 9. The second-order valence-electron chi connectivity index (χ2n) is 5.86. The Morgan fingerprint density at radius 2 is 1.81 bits per heavy atom. The van der Waals surface area contributed by atoms with Crippen LogP contribution in [0, 0.1) is 0 Å². The summed E-state index contributed by atoms with van der Waals surface area (Å²) in [4.78, 5) is 16.2. The Kier molecular flexibility index (Phi) is 6.46. The van der Waals surface area contributed by atoms with Crippen molar-refractivity contribution in [3.05, 3.63) is 66.7 Å². The normalized spacial score (nSPS) is 10.4. The molecule has 6 heteroatoms. The average molecular weight is 366 g/mol. The van der Waals surface area contributed by atoms with Crippen LogP contribution in [-0.2, 0) is 11.2 Å². The number of carbonyl (C=O) groups is 1. The van der Waals surface area contributed by atoms with Gasteiger partial charge in [0, 0.05) is 18.4 Å². The van der Waals surface area contributed by atoms with Gasteiger partial charge in [-0.25, -0.2) is 4.98 Å². The minimum Gasteiger partial charge on any atom is -0.497 e. The highest BCUT2D eigenvalue weighted by Gasteiger charge is 2.08. The molecule has 3 aromatic rings. The number of oxazole rings is 1. The fraction of sp³-hybridized carbons (Fsp3) is 0.238. The second kappa shape index (κ2) is 9.43. The van der Waals surface area contributed by atoms with E-state index in [1.165, 1.54) is 0 Å². The maximum Gasteiger partial charge on any atom is 0.220 e. The Morgan fingerprint density at radius 1 is 1.07 bits per heavy atom. The van der Waals surface area contributed by atoms with Crippen LogP contribution in [0.25, 0.3) is 11.3 Å². The van der Waals surface area contributed by atoms with Gasteiger partial charge in [0.1, 0.15) is 18.1 Å². The van der Waals surface area contributed by atoms with Crippen LogP contribution < -0.4 is 14.8 Å². The molecule has 0 saturated heterocycles. The number of nitrogens with zero attached hydrogens (tertiary/aromatic N) is 1. The molecule has 27 heavy (non-hydrogen) atoms. The third kappa shape index (κ3) is 5.60. The fourth-order valence-electron chi connectivity index (χ4n) is 2.50. The molecule has 6 nitrogen and oxygen atoms in total. The number of nitrogens with one attached hydrogen (secondary N) is 1. The minimum absolute atomic E-state index is 0.0622. The minimum atomic E-state index is -0.0622. The summed E-state index contributed by atoms with van der Waals surface area (Å²) >= 11 is 0. The van der Waals surface area contributed by atoms with Gasteiger partial charge in [0.25, 0.3) is 0 Å². The molecule has 1 N–H and O–H groups in total. The van der Waals surface area contributed by atoms with Crippen molar-refractivity contribution < 1.29 is 18.7 Å².